The van der Waals surface area contributed by atoms with Crippen molar-refractivity contribution >= 4 is 45.6 Å². The Kier molecular flexibility index (Phi) is 10.7. The maximum atomic E-state index is 15.0. The van der Waals surface area contributed by atoms with Crippen molar-refractivity contribution in [2.75, 3.05) is 32.8 Å². The summed E-state index contributed by atoms with van der Waals surface area (Å²) < 4.78 is 60.4. The highest BCUT2D eigenvalue weighted by Gasteiger charge is 2.24. The number of benzene rings is 3. The molecule has 0 radical (unpaired) electrons. The molecular weight excluding hydrogens is 654 g/mol. The van der Waals surface area contributed by atoms with E-state index in [0.29, 0.717) is 3.57 Å². The van der Waals surface area contributed by atoms with E-state index in [9.17, 15) is 24.0 Å². The SMILES string of the molecule is COc1cc(CO/C(=N\OC[C@H](O)CO)c2ccc(F)c(F)c2Nc2ccc(I)cc2F)c([N+](=O)[O-])cc1OC. The first-order valence-corrected chi connectivity index (χ1v) is 12.4. The van der Waals surface area contributed by atoms with Gasteiger partial charge in [-0.05, 0) is 64.1 Å². The van der Waals surface area contributed by atoms with Crippen molar-refractivity contribution in [2.24, 2.45) is 5.16 Å². The number of ether oxygens (including phenoxy) is 3. The molecule has 0 amide bonds. The van der Waals surface area contributed by atoms with Crippen LogP contribution in [0.4, 0.5) is 30.2 Å². The third kappa shape index (κ3) is 7.42. The molecule has 0 aromatic heterocycles. The summed E-state index contributed by atoms with van der Waals surface area (Å²) in [5, 5.41) is 36.5. The minimum Gasteiger partial charge on any atom is -0.493 e. The van der Waals surface area contributed by atoms with Crippen LogP contribution < -0.4 is 14.8 Å². The summed E-state index contributed by atoms with van der Waals surface area (Å²) in [5.74, 6) is -3.72. The van der Waals surface area contributed by atoms with Crippen LogP contribution in [0.2, 0.25) is 0 Å². The zero-order valence-corrected chi connectivity index (χ0v) is 23.1. The van der Waals surface area contributed by atoms with Crippen molar-refractivity contribution < 1.29 is 47.4 Å². The van der Waals surface area contributed by atoms with Gasteiger partial charge in [0.25, 0.3) is 11.6 Å². The average molecular weight is 677 g/mol. The molecule has 0 heterocycles. The zero-order valence-electron chi connectivity index (χ0n) is 21.0. The number of anilines is 2. The minimum atomic E-state index is -1.40. The van der Waals surface area contributed by atoms with Gasteiger partial charge in [-0.3, -0.25) is 10.1 Å². The molecule has 40 heavy (non-hydrogen) atoms. The van der Waals surface area contributed by atoms with Gasteiger partial charge >= 0.3 is 0 Å². The van der Waals surface area contributed by atoms with Gasteiger partial charge < -0.3 is 34.6 Å². The number of hydrogen-bond acceptors (Lipinski definition) is 10. The molecule has 3 aromatic rings. The molecule has 1 atom stereocenters. The second-order valence-corrected chi connectivity index (χ2v) is 9.19. The molecule has 0 saturated carbocycles. The minimum absolute atomic E-state index is 0.00786. The first-order chi connectivity index (χ1) is 19.1. The fraction of sp³-hybridized carbons (Fsp3) is 0.240. The predicted octanol–water partition coefficient (Wildman–Crippen LogP) is 4.63. The van der Waals surface area contributed by atoms with Gasteiger partial charge in [0.1, 0.15) is 25.1 Å². The highest BCUT2D eigenvalue weighted by molar-refractivity contribution is 14.1. The Balaban J connectivity index is 2.07. The number of halogens is 4. The van der Waals surface area contributed by atoms with Gasteiger partial charge in [-0.1, -0.05) is 0 Å². The van der Waals surface area contributed by atoms with Crippen LogP contribution in [0.15, 0.2) is 47.6 Å². The lowest BCUT2D eigenvalue weighted by atomic mass is 10.1. The number of oxime groups is 1. The molecule has 0 aliphatic rings. The van der Waals surface area contributed by atoms with E-state index >= 15 is 4.39 Å². The van der Waals surface area contributed by atoms with Gasteiger partial charge in [0.05, 0.1) is 54.3 Å². The molecule has 3 rings (SSSR count). The number of nitrogens with zero attached hydrogens (tertiary/aromatic N) is 2. The first kappa shape index (κ1) is 30.7. The lowest BCUT2D eigenvalue weighted by molar-refractivity contribution is -0.385. The van der Waals surface area contributed by atoms with Crippen LogP contribution in [0.25, 0.3) is 0 Å². The highest BCUT2D eigenvalue weighted by Crippen LogP contribution is 2.35. The Hall–Kier alpha value is -3.83. The maximum absolute atomic E-state index is 15.0. The molecule has 0 fully saturated rings. The van der Waals surface area contributed by atoms with Gasteiger partial charge in [-0.25, -0.2) is 13.2 Å². The Morgan fingerprint density at radius 2 is 1.80 bits per heavy atom. The molecule has 214 valence electrons. The molecule has 3 aromatic carbocycles. The number of aliphatic hydroxyl groups is 2. The molecule has 0 unspecified atom stereocenters. The molecule has 15 heteroatoms. The summed E-state index contributed by atoms with van der Waals surface area (Å²) >= 11 is 1.88. The third-order valence-electron chi connectivity index (χ3n) is 5.29. The summed E-state index contributed by atoms with van der Waals surface area (Å²) in [7, 11) is 2.62. The summed E-state index contributed by atoms with van der Waals surface area (Å²) in [6.45, 7) is -1.72. The lowest BCUT2D eigenvalue weighted by Gasteiger charge is -2.17. The van der Waals surface area contributed by atoms with Crippen molar-refractivity contribution in [1.82, 2.24) is 0 Å². The number of hydrogen-bond donors (Lipinski definition) is 3. The normalized spacial score (nSPS) is 12.1. The van der Waals surface area contributed by atoms with E-state index in [1.54, 1.807) is 0 Å². The van der Waals surface area contributed by atoms with Crippen molar-refractivity contribution in [3.05, 3.63) is 84.7 Å². The van der Waals surface area contributed by atoms with Crippen LogP contribution in [0, 0.1) is 31.1 Å². The quantitative estimate of drug-likeness (QED) is 0.0822. The fourth-order valence-electron chi connectivity index (χ4n) is 3.31. The molecule has 0 aliphatic carbocycles. The summed E-state index contributed by atoms with van der Waals surface area (Å²) in [5.41, 5.74) is -1.44. The molecular formula is C25H23F3IN3O8. The summed E-state index contributed by atoms with van der Waals surface area (Å²) in [6.07, 6.45) is -1.33. The third-order valence-corrected chi connectivity index (χ3v) is 5.96. The van der Waals surface area contributed by atoms with E-state index in [-0.39, 0.29) is 28.3 Å². The number of methoxy groups -OCH3 is 2. The largest absolute Gasteiger partial charge is 0.493 e. The molecule has 3 N–H and O–H groups in total. The first-order valence-electron chi connectivity index (χ1n) is 11.3. The van der Waals surface area contributed by atoms with E-state index in [1.807, 2.05) is 22.6 Å². The Morgan fingerprint density at radius 1 is 1.10 bits per heavy atom. The van der Waals surface area contributed by atoms with E-state index < -0.39 is 65.6 Å². The Morgan fingerprint density at radius 3 is 2.42 bits per heavy atom. The van der Waals surface area contributed by atoms with Crippen LogP contribution in [0.5, 0.6) is 11.5 Å². The number of nitro benzene ring substituents is 1. The van der Waals surface area contributed by atoms with Crippen molar-refractivity contribution in [2.45, 2.75) is 12.7 Å². The lowest BCUT2D eigenvalue weighted by Crippen LogP contribution is -2.19. The number of aliphatic hydroxyl groups excluding tert-OH is 2. The smallest absolute Gasteiger partial charge is 0.280 e. The molecule has 0 spiro atoms. The van der Waals surface area contributed by atoms with Gasteiger partial charge in [-0.15, -0.1) is 0 Å². The standard InChI is InChI=1S/C25H23F3IN3O8/c1-37-21-7-13(20(32(35)36)9-22(21)38-2)11-39-25(31-40-12-15(34)10-33)16-4-5-17(26)23(28)24(16)30-19-6-3-14(29)8-18(19)27/h3-9,15,30,33-34H,10-12H2,1-2H3/b31-25-/t15-/m1/s1. The second-order valence-electron chi connectivity index (χ2n) is 7.94. The zero-order chi connectivity index (χ0) is 29.4. The summed E-state index contributed by atoms with van der Waals surface area (Å²) in [4.78, 5) is 16.0. The van der Waals surface area contributed by atoms with Crippen molar-refractivity contribution in [3.63, 3.8) is 0 Å². The van der Waals surface area contributed by atoms with Crippen molar-refractivity contribution in [3.8, 4) is 11.5 Å². The molecule has 0 saturated heterocycles. The molecule has 11 nitrogen and oxygen atoms in total. The molecule has 0 aliphatic heterocycles. The topological polar surface area (TPSA) is 145 Å². The molecule has 0 bridgehead atoms. The summed E-state index contributed by atoms with van der Waals surface area (Å²) in [6, 6.07) is 8.25. The van der Waals surface area contributed by atoms with Crippen LogP contribution in [-0.2, 0) is 16.2 Å². The monoisotopic (exact) mass is 677 g/mol. The Labute approximate surface area is 239 Å². The van der Waals surface area contributed by atoms with Gasteiger partial charge in [0.15, 0.2) is 23.1 Å². The van der Waals surface area contributed by atoms with Crippen LogP contribution in [-0.4, -0.2) is 54.6 Å². The van der Waals surface area contributed by atoms with Crippen molar-refractivity contribution in [1.29, 1.82) is 0 Å². The van der Waals surface area contributed by atoms with E-state index in [0.717, 1.165) is 18.2 Å². The van der Waals surface area contributed by atoms with Crippen LogP contribution in [0.3, 0.4) is 0 Å². The number of nitrogens with one attached hydrogen (secondary N) is 1. The van der Waals surface area contributed by atoms with E-state index in [2.05, 4.69) is 10.5 Å². The van der Waals surface area contributed by atoms with Gasteiger partial charge in [0.2, 0.25) is 0 Å². The maximum Gasteiger partial charge on any atom is 0.280 e. The number of nitro groups is 1. The van der Waals surface area contributed by atoms with Crippen LogP contribution >= 0.6 is 22.6 Å². The van der Waals surface area contributed by atoms with Gasteiger partial charge in [0, 0.05) is 3.57 Å². The highest BCUT2D eigenvalue weighted by atomic mass is 127. The fourth-order valence-corrected chi connectivity index (χ4v) is 3.76. The average Bonchev–Trinajstić information content (AvgIpc) is 2.93. The van der Waals surface area contributed by atoms with Crippen LogP contribution in [0.1, 0.15) is 11.1 Å². The second kappa shape index (κ2) is 14.0. The number of rotatable bonds is 12. The predicted molar refractivity (Wildman–Crippen MR) is 145 cm³/mol. The van der Waals surface area contributed by atoms with E-state index in [1.165, 1.54) is 38.5 Å². The van der Waals surface area contributed by atoms with Gasteiger partial charge in [-0.2, -0.15) is 0 Å². The Bertz CT molecular complexity index is 1410. The van der Waals surface area contributed by atoms with E-state index in [4.69, 9.17) is 24.2 Å².